The zero-order valence-corrected chi connectivity index (χ0v) is 12.0. The third-order valence-electron chi connectivity index (χ3n) is 3.01. The molecular weight excluding hydrogens is 262 g/mol. The molecule has 0 atom stereocenters. The number of sulfone groups is 1. The minimum atomic E-state index is -3.28. The molecule has 1 N–H and O–H groups in total. The minimum absolute atomic E-state index is 0.313. The summed E-state index contributed by atoms with van der Waals surface area (Å²) in [6, 6.07) is 8.66. The van der Waals surface area contributed by atoms with Crippen molar-refractivity contribution < 1.29 is 13.2 Å². The predicted octanol–water partition coefficient (Wildman–Crippen LogP) is 2.87. The minimum Gasteiger partial charge on any atom is -0.496 e. The van der Waals surface area contributed by atoms with Crippen LogP contribution in [0.2, 0.25) is 0 Å². The summed E-state index contributed by atoms with van der Waals surface area (Å²) in [6.45, 7) is 3.35. The smallest absolute Gasteiger partial charge is 0.180 e. The number of benzene rings is 1. The molecule has 0 fully saturated rings. The van der Waals surface area contributed by atoms with Gasteiger partial charge in [0.15, 0.2) is 9.84 Å². The maximum Gasteiger partial charge on any atom is 0.180 e. The van der Waals surface area contributed by atoms with Crippen molar-refractivity contribution in [3.05, 3.63) is 36.5 Å². The van der Waals surface area contributed by atoms with Crippen LogP contribution in [0.4, 0.5) is 0 Å². The summed E-state index contributed by atoms with van der Waals surface area (Å²) in [6.07, 6.45) is 1.79. The number of rotatable bonds is 4. The molecule has 0 saturated heterocycles. The van der Waals surface area contributed by atoms with Crippen LogP contribution in [0.5, 0.6) is 5.75 Å². The van der Waals surface area contributed by atoms with Crippen molar-refractivity contribution in [3.63, 3.8) is 0 Å². The zero-order valence-electron chi connectivity index (χ0n) is 11.2. The monoisotopic (exact) mass is 279 g/mol. The Balaban J connectivity index is 2.61. The molecule has 0 radical (unpaired) electrons. The van der Waals surface area contributed by atoms with Crippen molar-refractivity contribution in [2.45, 2.75) is 24.0 Å². The zero-order chi connectivity index (χ0) is 14.0. The van der Waals surface area contributed by atoms with E-state index in [9.17, 15) is 8.42 Å². The Morgan fingerprint density at radius 1 is 1.21 bits per heavy atom. The SMILES string of the molecule is COc1ccc(S(=O)(=O)C(C)C)cc1-c1ccc[nH]1. The van der Waals surface area contributed by atoms with Crippen LogP contribution in [0.25, 0.3) is 11.3 Å². The molecule has 0 unspecified atom stereocenters. The summed E-state index contributed by atoms with van der Waals surface area (Å²) in [5.74, 6) is 0.644. The second-order valence-corrected chi connectivity index (χ2v) is 7.04. The average Bonchev–Trinajstić information content (AvgIpc) is 2.91. The molecule has 2 aromatic rings. The number of H-pyrrole nitrogens is 1. The van der Waals surface area contributed by atoms with E-state index in [4.69, 9.17) is 4.74 Å². The van der Waals surface area contributed by atoms with Gasteiger partial charge in [0.05, 0.1) is 17.3 Å². The molecular formula is C14H17NO3S. The van der Waals surface area contributed by atoms with Crippen molar-refractivity contribution in [1.29, 1.82) is 0 Å². The van der Waals surface area contributed by atoms with E-state index in [0.717, 1.165) is 11.3 Å². The molecule has 1 heterocycles. The summed E-state index contributed by atoms with van der Waals surface area (Å²) >= 11 is 0. The molecule has 0 aliphatic heterocycles. The number of ether oxygens (including phenoxy) is 1. The first kappa shape index (κ1) is 13.7. The van der Waals surface area contributed by atoms with E-state index in [2.05, 4.69) is 4.98 Å². The van der Waals surface area contributed by atoms with Crippen molar-refractivity contribution >= 4 is 9.84 Å². The first-order valence-corrected chi connectivity index (χ1v) is 7.57. The van der Waals surface area contributed by atoms with E-state index in [1.165, 1.54) is 0 Å². The van der Waals surface area contributed by atoms with Crippen LogP contribution in [-0.4, -0.2) is 25.8 Å². The van der Waals surface area contributed by atoms with Gasteiger partial charge in [-0.1, -0.05) is 0 Å². The lowest BCUT2D eigenvalue weighted by atomic mass is 10.1. The summed E-state index contributed by atoms with van der Waals surface area (Å²) in [7, 11) is -1.72. The Morgan fingerprint density at radius 2 is 1.95 bits per heavy atom. The number of aromatic amines is 1. The van der Waals surface area contributed by atoms with E-state index in [-0.39, 0.29) is 0 Å². The van der Waals surface area contributed by atoms with Crippen molar-refractivity contribution in [2.24, 2.45) is 0 Å². The molecule has 2 rings (SSSR count). The van der Waals surface area contributed by atoms with Crippen molar-refractivity contribution in [1.82, 2.24) is 4.98 Å². The fraction of sp³-hybridized carbons (Fsp3) is 0.286. The number of nitrogens with one attached hydrogen (secondary N) is 1. The maximum absolute atomic E-state index is 12.2. The van der Waals surface area contributed by atoms with Gasteiger partial charge in [0, 0.05) is 17.5 Å². The molecule has 4 nitrogen and oxygen atoms in total. The van der Waals surface area contributed by atoms with Crippen LogP contribution in [0, 0.1) is 0 Å². The van der Waals surface area contributed by atoms with Crippen LogP contribution in [0.1, 0.15) is 13.8 Å². The molecule has 1 aromatic heterocycles. The predicted molar refractivity (Wildman–Crippen MR) is 75.1 cm³/mol. The van der Waals surface area contributed by atoms with Gasteiger partial charge in [-0.05, 0) is 44.2 Å². The van der Waals surface area contributed by atoms with Gasteiger partial charge < -0.3 is 9.72 Å². The van der Waals surface area contributed by atoms with E-state index >= 15 is 0 Å². The highest BCUT2D eigenvalue weighted by Gasteiger charge is 2.21. The second kappa shape index (κ2) is 5.09. The fourth-order valence-corrected chi connectivity index (χ4v) is 2.93. The molecule has 0 aliphatic rings. The Morgan fingerprint density at radius 3 is 2.47 bits per heavy atom. The van der Waals surface area contributed by atoms with Crippen LogP contribution in [-0.2, 0) is 9.84 Å². The highest BCUT2D eigenvalue weighted by atomic mass is 32.2. The van der Waals surface area contributed by atoms with Gasteiger partial charge in [0.2, 0.25) is 0 Å². The molecule has 1 aromatic carbocycles. The third kappa shape index (κ3) is 2.51. The molecule has 0 aliphatic carbocycles. The molecule has 0 spiro atoms. The molecule has 19 heavy (non-hydrogen) atoms. The van der Waals surface area contributed by atoms with Gasteiger partial charge in [-0.3, -0.25) is 0 Å². The largest absolute Gasteiger partial charge is 0.496 e. The normalized spacial score (nSPS) is 11.8. The topological polar surface area (TPSA) is 59.2 Å². The lowest BCUT2D eigenvalue weighted by Crippen LogP contribution is -2.14. The van der Waals surface area contributed by atoms with Gasteiger partial charge in [-0.25, -0.2) is 8.42 Å². The third-order valence-corrected chi connectivity index (χ3v) is 5.16. The summed E-state index contributed by atoms with van der Waals surface area (Å²) in [5, 5.41) is -0.447. The first-order chi connectivity index (χ1) is 8.96. The molecule has 5 heteroatoms. The molecule has 102 valence electrons. The highest BCUT2D eigenvalue weighted by Crippen LogP contribution is 2.32. The number of methoxy groups -OCH3 is 1. The van der Waals surface area contributed by atoms with Crippen LogP contribution < -0.4 is 4.74 Å². The van der Waals surface area contributed by atoms with Crippen molar-refractivity contribution in [3.8, 4) is 17.0 Å². The number of hydrogen-bond acceptors (Lipinski definition) is 3. The average molecular weight is 279 g/mol. The van der Waals surface area contributed by atoms with Crippen LogP contribution >= 0.6 is 0 Å². The lowest BCUT2D eigenvalue weighted by molar-refractivity contribution is 0.416. The highest BCUT2D eigenvalue weighted by molar-refractivity contribution is 7.92. The second-order valence-electron chi connectivity index (χ2n) is 4.54. The first-order valence-electron chi connectivity index (χ1n) is 6.02. The van der Waals surface area contributed by atoms with E-state index in [0.29, 0.717) is 10.6 Å². The quantitative estimate of drug-likeness (QED) is 0.936. The van der Waals surface area contributed by atoms with Crippen LogP contribution in [0.15, 0.2) is 41.4 Å². The van der Waals surface area contributed by atoms with Crippen LogP contribution in [0.3, 0.4) is 0 Å². The van der Waals surface area contributed by atoms with E-state index < -0.39 is 15.1 Å². The number of hydrogen-bond donors (Lipinski definition) is 1. The van der Waals surface area contributed by atoms with E-state index in [1.807, 2.05) is 12.1 Å². The Hall–Kier alpha value is -1.75. The number of aromatic nitrogens is 1. The summed E-state index contributed by atoms with van der Waals surface area (Å²) in [4.78, 5) is 3.37. The summed E-state index contributed by atoms with van der Waals surface area (Å²) in [5.41, 5.74) is 1.58. The Kier molecular flexibility index (Phi) is 3.66. The summed E-state index contributed by atoms with van der Waals surface area (Å²) < 4.78 is 29.7. The Bertz CT molecular complexity index is 658. The van der Waals surface area contributed by atoms with Gasteiger partial charge in [0.25, 0.3) is 0 Å². The Labute approximate surface area is 113 Å². The standard InChI is InChI=1S/C14H17NO3S/c1-10(2)19(16,17)11-6-7-14(18-3)12(9-11)13-5-4-8-15-13/h4-10,15H,1-3H3. The van der Waals surface area contributed by atoms with Gasteiger partial charge >= 0.3 is 0 Å². The molecule has 0 saturated carbocycles. The molecule has 0 amide bonds. The van der Waals surface area contributed by atoms with Gasteiger partial charge in [-0.2, -0.15) is 0 Å². The van der Waals surface area contributed by atoms with E-state index in [1.54, 1.807) is 45.4 Å². The van der Waals surface area contributed by atoms with Gasteiger partial charge in [0.1, 0.15) is 5.75 Å². The van der Waals surface area contributed by atoms with Gasteiger partial charge in [-0.15, -0.1) is 0 Å². The van der Waals surface area contributed by atoms with Crippen molar-refractivity contribution in [2.75, 3.05) is 7.11 Å². The molecule has 0 bridgehead atoms. The maximum atomic E-state index is 12.2. The fourth-order valence-electron chi connectivity index (χ4n) is 1.84. The lowest BCUT2D eigenvalue weighted by Gasteiger charge is -2.12.